The average molecular weight is 438 g/mol. The Morgan fingerprint density at radius 2 is 1.91 bits per heavy atom. The quantitative estimate of drug-likeness (QED) is 0.344. The third-order valence-electron chi connectivity index (χ3n) is 5.38. The molecule has 2 aromatic carbocycles. The Morgan fingerprint density at radius 3 is 2.59 bits per heavy atom. The predicted octanol–water partition coefficient (Wildman–Crippen LogP) is 5.27. The lowest BCUT2D eigenvalue weighted by atomic mass is 10.1. The summed E-state index contributed by atoms with van der Waals surface area (Å²) in [6.45, 7) is 14.9. The summed E-state index contributed by atoms with van der Waals surface area (Å²) in [5.41, 5.74) is -0.414. The van der Waals surface area contributed by atoms with Crippen LogP contribution >= 0.6 is 0 Å². The molecule has 0 saturated heterocycles. The Hall–Kier alpha value is -3.25. The molecule has 0 saturated carbocycles. The van der Waals surface area contributed by atoms with Gasteiger partial charge in [-0.3, -0.25) is 4.79 Å². The van der Waals surface area contributed by atoms with Crippen molar-refractivity contribution < 1.29 is 19.0 Å². The van der Waals surface area contributed by atoms with Gasteiger partial charge < -0.3 is 23.9 Å². The number of aromatic hydroxyl groups is 1. The summed E-state index contributed by atoms with van der Waals surface area (Å²) in [5.74, 6) is 0.669. The molecule has 6 heteroatoms. The number of ether oxygens (including phenoxy) is 2. The van der Waals surface area contributed by atoms with E-state index in [0.29, 0.717) is 16.9 Å². The SMILES string of the molecule is C=CC(C)(C)Oc1ccc2c(=O)c3c(O)cccc3oc2c1OC/C=C/CN(CC)CC. The molecule has 0 bridgehead atoms. The molecule has 0 aliphatic carbocycles. The zero-order valence-corrected chi connectivity index (χ0v) is 19.2. The number of fused-ring (bicyclic) bond motifs is 2. The molecule has 0 fully saturated rings. The van der Waals surface area contributed by atoms with Crippen molar-refractivity contribution in [1.29, 1.82) is 0 Å². The van der Waals surface area contributed by atoms with Gasteiger partial charge in [-0.2, -0.15) is 0 Å². The van der Waals surface area contributed by atoms with Gasteiger partial charge in [0.1, 0.15) is 28.9 Å². The van der Waals surface area contributed by atoms with E-state index in [4.69, 9.17) is 13.9 Å². The highest BCUT2D eigenvalue weighted by molar-refractivity contribution is 5.96. The first-order chi connectivity index (χ1) is 15.3. The second-order valence-corrected chi connectivity index (χ2v) is 8.03. The summed E-state index contributed by atoms with van der Waals surface area (Å²) in [6.07, 6.45) is 5.68. The van der Waals surface area contributed by atoms with E-state index in [2.05, 4.69) is 31.4 Å². The fraction of sp³-hybridized carbons (Fsp3) is 0.346. The maximum absolute atomic E-state index is 13.1. The highest BCUT2D eigenvalue weighted by Gasteiger charge is 2.22. The van der Waals surface area contributed by atoms with Crippen molar-refractivity contribution in [3.63, 3.8) is 0 Å². The number of rotatable bonds is 10. The largest absolute Gasteiger partial charge is 0.507 e. The molecule has 0 aliphatic rings. The number of phenols is 1. The van der Waals surface area contributed by atoms with Crippen molar-refractivity contribution in [2.45, 2.75) is 33.3 Å². The summed E-state index contributed by atoms with van der Waals surface area (Å²) in [4.78, 5) is 15.4. The average Bonchev–Trinajstić information content (AvgIpc) is 2.77. The van der Waals surface area contributed by atoms with Crippen LogP contribution < -0.4 is 14.9 Å². The Morgan fingerprint density at radius 1 is 1.16 bits per heavy atom. The molecule has 0 amide bonds. The van der Waals surface area contributed by atoms with E-state index in [-0.39, 0.29) is 34.3 Å². The molecule has 3 aromatic rings. The highest BCUT2D eigenvalue weighted by atomic mass is 16.5. The summed E-state index contributed by atoms with van der Waals surface area (Å²) >= 11 is 0. The number of likely N-dealkylation sites (N-methyl/N-ethyl adjacent to an activating group) is 1. The number of hydrogen-bond acceptors (Lipinski definition) is 6. The zero-order chi connectivity index (χ0) is 23.3. The fourth-order valence-corrected chi connectivity index (χ4v) is 3.35. The first kappa shape index (κ1) is 23.4. The van der Waals surface area contributed by atoms with Gasteiger partial charge in [0.2, 0.25) is 11.2 Å². The smallest absolute Gasteiger partial charge is 0.205 e. The lowest BCUT2D eigenvalue weighted by molar-refractivity contribution is 0.154. The van der Waals surface area contributed by atoms with Crippen LogP contribution in [0.1, 0.15) is 27.7 Å². The van der Waals surface area contributed by atoms with Gasteiger partial charge in [0, 0.05) is 6.54 Å². The van der Waals surface area contributed by atoms with Gasteiger partial charge in [-0.25, -0.2) is 0 Å². The van der Waals surface area contributed by atoms with Crippen molar-refractivity contribution in [2.24, 2.45) is 0 Å². The maximum atomic E-state index is 13.1. The zero-order valence-electron chi connectivity index (χ0n) is 19.2. The minimum absolute atomic E-state index is 0.118. The second-order valence-electron chi connectivity index (χ2n) is 8.03. The van der Waals surface area contributed by atoms with E-state index >= 15 is 0 Å². The number of benzene rings is 2. The second kappa shape index (κ2) is 9.92. The number of hydrogen-bond donors (Lipinski definition) is 1. The molecule has 6 nitrogen and oxygen atoms in total. The molecule has 1 aromatic heterocycles. The van der Waals surface area contributed by atoms with Crippen molar-refractivity contribution in [3.8, 4) is 17.2 Å². The first-order valence-electron chi connectivity index (χ1n) is 10.9. The van der Waals surface area contributed by atoms with E-state index in [0.717, 1.165) is 19.6 Å². The molecule has 0 unspecified atom stereocenters. The normalized spacial score (nSPS) is 12.2. The van der Waals surface area contributed by atoms with Crippen LogP contribution in [0.2, 0.25) is 0 Å². The summed E-state index contributed by atoms with van der Waals surface area (Å²) < 4.78 is 18.2. The van der Waals surface area contributed by atoms with Crippen molar-refractivity contribution in [3.05, 3.63) is 65.4 Å². The van der Waals surface area contributed by atoms with Crippen LogP contribution in [0, 0.1) is 0 Å². The topological polar surface area (TPSA) is 72.1 Å². The monoisotopic (exact) mass is 437 g/mol. The van der Waals surface area contributed by atoms with Crippen molar-refractivity contribution >= 4 is 21.9 Å². The van der Waals surface area contributed by atoms with E-state index in [1.165, 1.54) is 6.07 Å². The number of nitrogens with zero attached hydrogens (tertiary/aromatic N) is 1. The first-order valence-corrected chi connectivity index (χ1v) is 10.9. The predicted molar refractivity (Wildman–Crippen MR) is 129 cm³/mol. The summed E-state index contributed by atoms with van der Waals surface area (Å²) in [7, 11) is 0. The Balaban J connectivity index is 2.06. The Kier molecular flexibility index (Phi) is 7.26. The van der Waals surface area contributed by atoms with Crippen LogP contribution in [0.3, 0.4) is 0 Å². The molecule has 0 atom stereocenters. The van der Waals surface area contributed by atoms with E-state index in [9.17, 15) is 9.90 Å². The third-order valence-corrected chi connectivity index (χ3v) is 5.38. The van der Waals surface area contributed by atoms with Gasteiger partial charge in [-0.05, 0) is 57.3 Å². The van der Waals surface area contributed by atoms with Gasteiger partial charge >= 0.3 is 0 Å². The lowest BCUT2D eigenvalue weighted by Crippen LogP contribution is -2.25. The molecule has 0 aliphatic heterocycles. The van der Waals surface area contributed by atoms with Gasteiger partial charge in [0.25, 0.3) is 0 Å². The highest BCUT2D eigenvalue weighted by Crippen LogP contribution is 2.39. The lowest BCUT2D eigenvalue weighted by Gasteiger charge is -2.24. The Bertz CT molecular complexity index is 1190. The molecule has 170 valence electrons. The van der Waals surface area contributed by atoms with Gasteiger partial charge in [-0.15, -0.1) is 0 Å². The van der Waals surface area contributed by atoms with E-state index in [1.807, 2.05) is 19.9 Å². The maximum Gasteiger partial charge on any atom is 0.205 e. The number of phenolic OH excluding ortho intramolecular Hbond substituents is 1. The van der Waals surface area contributed by atoms with E-state index < -0.39 is 5.60 Å². The fourth-order valence-electron chi connectivity index (χ4n) is 3.35. The molecule has 3 rings (SSSR count). The molecule has 1 heterocycles. The van der Waals surface area contributed by atoms with Crippen LogP contribution in [0.4, 0.5) is 0 Å². The molecule has 0 spiro atoms. The van der Waals surface area contributed by atoms with Crippen LogP contribution in [-0.2, 0) is 0 Å². The standard InChI is InChI=1S/C26H31NO5/c1-6-26(4,5)32-21-15-14-18-23(29)22-19(28)12-11-13-20(22)31-24(18)25(21)30-17-10-9-16-27(7-2)8-3/h6,9-15,28H,1,7-8,16-17H2,2-5H3/b10-9+. The van der Waals surface area contributed by atoms with Crippen LogP contribution in [0.25, 0.3) is 21.9 Å². The van der Waals surface area contributed by atoms with E-state index in [1.54, 1.807) is 30.3 Å². The minimum atomic E-state index is -0.653. The van der Waals surface area contributed by atoms with Crippen molar-refractivity contribution in [2.75, 3.05) is 26.2 Å². The summed E-state index contributed by atoms with van der Waals surface area (Å²) in [6, 6.07) is 8.05. The van der Waals surface area contributed by atoms with Crippen LogP contribution in [0.15, 0.2) is 64.4 Å². The molecular weight excluding hydrogens is 406 g/mol. The van der Waals surface area contributed by atoms with Crippen molar-refractivity contribution in [1.82, 2.24) is 4.90 Å². The van der Waals surface area contributed by atoms with Gasteiger partial charge in [0.05, 0.1) is 5.39 Å². The minimum Gasteiger partial charge on any atom is -0.507 e. The molecular formula is C26H31NO5. The van der Waals surface area contributed by atoms with Crippen LogP contribution in [0.5, 0.6) is 17.2 Å². The molecule has 1 N–H and O–H groups in total. The summed E-state index contributed by atoms with van der Waals surface area (Å²) in [5, 5.41) is 10.6. The van der Waals surface area contributed by atoms with Gasteiger partial charge in [-0.1, -0.05) is 38.6 Å². The third kappa shape index (κ3) is 4.97. The molecule has 0 radical (unpaired) electrons. The van der Waals surface area contributed by atoms with Gasteiger partial charge in [0.15, 0.2) is 11.3 Å². The molecule has 32 heavy (non-hydrogen) atoms. The van der Waals surface area contributed by atoms with Crippen LogP contribution in [-0.4, -0.2) is 41.8 Å². The Labute approximate surface area is 188 Å².